The summed E-state index contributed by atoms with van der Waals surface area (Å²) in [5.74, 6) is 1.85. The Morgan fingerprint density at radius 3 is 2.63 bits per heavy atom. The molecular weight excluding hydrogens is 236 g/mol. The zero-order valence-electron chi connectivity index (χ0n) is 12.2. The third kappa shape index (κ3) is 2.56. The monoisotopic (exact) mass is 260 g/mol. The Kier molecular flexibility index (Phi) is 4.04. The van der Waals surface area contributed by atoms with Gasteiger partial charge >= 0.3 is 0 Å². The average Bonchev–Trinajstić information content (AvgIpc) is 2.75. The number of nitrogen functional groups attached to an aromatic ring is 1. The zero-order valence-corrected chi connectivity index (χ0v) is 12.2. The molecule has 1 aliphatic rings. The van der Waals surface area contributed by atoms with Gasteiger partial charge in [-0.2, -0.15) is 5.26 Å². The SMILES string of the molecule is CC[C@H](C)n1c(C#N)cc(N)c1N1CCC(C)CC1. The van der Waals surface area contributed by atoms with Crippen molar-refractivity contribution in [2.75, 3.05) is 23.7 Å². The molecule has 0 aromatic carbocycles. The molecule has 2 heterocycles. The molecular formula is C15H24N4. The lowest BCUT2D eigenvalue weighted by atomic mass is 9.99. The second-order valence-corrected chi connectivity index (χ2v) is 5.72. The maximum atomic E-state index is 9.30. The molecule has 1 fully saturated rings. The van der Waals surface area contributed by atoms with Crippen LogP contribution in [-0.4, -0.2) is 17.7 Å². The lowest BCUT2D eigenvalue weighted by molar-refractivity contribution is 0.427. The molecule has 19 heavy (non-hydrogen) atoms. The van der Waals surface area contributed by atoms with E-state index >= 15 is 0 Å². The summed E-state index contributed by atoms with van der Waals surface area (Å²) in [6, 6.07) is 4.40. The van der Waals surface area contributed by atoms with Gasteiger partial charge in [0.05, 0.1) is 5.69 Å². The van der Waals surface area contributed by atoms with Crippen molar-refractivity contribution >= 4 is 11.5 Å². The van der Waals surface area contributed by atoms with E-state index < -0.39 is 0 Å². The van der Waals surface area contributed by atoms with Crippen molar-refractivity contribution < 1.29 is 0 Å². The van der Waals surface area contributed by atoms with Gasteiger partial charge in [-0.25, -0.2) is 0 Å². The van der Waals surface area contributed by atoms with Crippen molar-refractivity contribution in [3.05, 3.63) is 11.8 Å². The van der Waals surface area contributed by atoms with E-state index in [0.717, 1.165) is 36.9 Å². The van der Waals surface area contributed by atoms with Crippen molar-refractivity contribution in [1.29, 1.82) is 5.26 Å². The molecule has 4 heteroatoms. The number of nitrogens with two attached hydrogens (primary N) is 1. The molecule has 4 nitrogen and oxygen atoms in total. The van der Waals surface area contributed by atoms with E-state index in [-0.39, 0.29) is 0 Å². The van der Waals surface area contributed by atoms with E-state index in [2.05, 4.69) is 36.3 Å². The zero-order chi connectivity index (χ0) is 14.0. The van der Waals surface area contributed by atoms with Crippen molar-refractivity contribution in [1.82, 2.24) is 4.57 Å². The summed E-state index contributed by atoms with van der Waals surface area (Å²) < 4.78 is 2.12. The molecule has 1 aromatic rings. The van der Waals surface area contributed by atoms with Crippen LogP contribution in [0.1, 0.15) is 51.8 Å². The van der Waals surface area contributed by atoms with Crippen LogP contribution in [0.3, 0.4) is 0 Å². The summed E-state index contributed by atoms with van der Waals surface area (Å²) >= 11 is 0. The van der Waals surface area contributed by atoms with Crippen LogP contribution >= 0.6 is 0 Å². The predicted octanol–water partition coefficient (Wildman–Crippen LogP) is 3.15. The summed E-state index contributed by atoms with van der Waals surface area (Å²) in [5.41, 5.74) is 7.59. The summed E-state index contributed by atoms with van der Waals surface area (Å²) in [5, 5.41) is 9.30. The molecule has 1 saturated heterocycles. The van der Waals surface area contributed by atoms with Crippen LogP contribution in [0.15, 0.2) is 6.07 Å². The Hall–Kier alpha value is -1.63. The fourth-order valence-corrected chi connectivity index (χ4v) is 2.80. The Balaban J connectivity index is 2.39. The number of aromatic nitrogens is 1. The normalized spacial score (nSPS) is 18.3. The van der Waals surface area contributed by atoms with Gasteiger partial charge in [0.2, 0.25) is 0 Å². The molecule has 0 saturated carbocycles. The van der Waals surface area contributed by atoms with Crippen LogP contribution in [0.25, 0.3) is 0 Å². The predicted molar refractivity (Wildman–Crippen MR) is 79.2 cm³/mol. The first-order chi connectivity index (χ1) is 9.08. The minimum atomic E-state index is 0.307. The van der Waals surface area contributed by atoms with E-state index in [9.17, 15) is 5.26 Å². The first-order valence-corrected chi connectivity index (χ1v) is 7.24. The number of hydrogen-bond acceptors (Lipinski definition) is 3. The number of piperidine rings is 1. The quantitative estimate of drug-likeness (QED) is 0.908. The van der Waals surface area contributed by atoms with Crippen molar-refractivity contribution in [2.45, 2.75) is 46.1 Å². The van der Waals surface area contributed by atoms with Crippen molar-refractivity contribution in [3.8, 4) is 6.07 Å². The summed E-state index contributed by atoms with van der Waals surface area (Å²) in [4.78, 5) is 2.35. The van der Waals surface area contributed by atoms with Crippen LogP contribution in [0.4, 0.5) is 11.5 Å². The molecule has 2 N–H and O–H groups in total. The van der Waals surface area contributed by atoms with Gasteiger partial charge < -0.3 is 15.2 Å². The molecule has 104 valence electrons. The molecule has 0 aliphatic carbocycles. The third-order valence-electron chi connectivity index (χ3n) is 4.27. The standard InChI is InChI=1S/C15H24N4/c1-4-12(3)19-13(10-16)9-14(17)15(19)18-7-5-11(2)6-8-18/h9,11-12H,4-8,17H2,1-3H3/t12-/m0/s1. The van der Waals surface area contributed by atoms with Gasteiger partial charge in [-0.05, 0) is 38.2 Å². The van der Waals surface area contributed by atoms with Gasteiger partial charge in [0.25, 0.3) is 0 Å². The van der Waals surface area contributed by atoms with Gasteiger partial charge in [-0.1, -0.05) is 13.8 Å². The number of hydrogen-bond donors (Lipinski definition) is 1. The fraction of sp³-hybridized carbons (Fsp3) is 0.667. The van der Waals surface area contributed by atoms with Gasteiger partial charge in [-0.15, -0.1) is 0 Å². The smallest absolute Gasteiger partial charge is 0.133 e. The maximum absolute atomic E-state index is 9.30. The van der Waals surface area contributed by atoms with E-state index in [4.69, 9.17) is 5.73 Å². The third-order valence-corrected chi connectivity index (χ3v) is 4.27. The number of rotatable bonds is 3. The summed E-state index contributed by atoms with van der Waals surface area (Å²) in [7, 11) is 0. The topological polar surface area (TPSA) is 58.0 Å². The highest BCUT2D eigenvalue weighted by atomic mass is 15.3. The van der Waals surface area contributed by atoms with Gasteiger partial charge in [-0.3, -0.25) is 0 Å². The largest absolute Gasteiger partial charge is 0.396 e. The molecule has 1 aliphatic heterocycles. The van der Waals surface area contributed by atoms with Crippen molar-refractivity contribution in [3.63, 3.8) is 0 Å². The van der Waals surface area contributed by atoms with E-state index in [0.29, 0.717) is 11.7 Å². The highest BCUT2D eigenvalue weighted by Crippen LogP contribution is 2.34. The van der Waals surface area contributed by atoms with Crippen LogP contribution < -0.4 is 10.6 Å². The number of anilines is 2. The highest BCUT2D eigenvalue weighted by molar-refractivity contribution is 5.68. The molecule has 0 amide bonds. The lowest BCUT2D eigenvalue weighted by Gasteiger charge is -2.34. The molecule has 1 aromatic heterocycles. The number of nitrogens with zero attached hydrogens (tertiary/aromatic N) is 3. The molecule has 0 spiro atoms. The second kappa shape index (κ2) is 5.56. The van der Waals surface area contributed by atoms with E-state index in [1.807, 2.05) is 6.07 Å². The molecule has 1 atom stereocenters. The van der Waals surface area contributed by atoms with E-state index in [1.165, 1.54) is 12.8 Å². The molecule has 2 rings (SSSR count). The van der Waals surface area contributed by atoms with Gasteiger partial charge in [0.1, 0.15) is 17.6 Å². The van der Waals surface area contributed by atoms with Gasteiger partial charge in [0, 0.05) is 19.1 Å². The Morgan fingerprint density at radius 1 is 1.47 bits per heavy atom. The summed E-state index contributed by atoms with van der Waals surface area (Å²) in [6.07, 6.45) is 3.40. The summed E-state index contributed by atoms with van der Waals surface area (Å²) in [6.45, 7) is 8.67. The fourth-order valence-electron chi connectivity index (χ4n) is 2.80. The Morgan fingerprint density at radius 2 is 2.11 bits per heavy atom. The lowest BCUT2D eigenvalue weighted by Crippen LogP contribution is -2.35. The van der Waals surface area contributed by atoms with Crippen LogP contribution in [0, 0.1) is 17.2 Å². The highest BCUT2D eigenvalue weighted by Gasteiger charge is 2.24. The van der Waals surface area contributed by atoms with E-state index in [1.54, 1.807) is 0 Å². The first kappa shape index (κ1) is 13.8. The van der Waals surface area contributed by atoms with Crippen LogP contribution in [0.2, 0.25) is 0 Å². The van der Waals surface area contributed by atoms with Crippen LogP contribution in [0.5, 0.6) is 0 Å². The molecule has 0 bridgehead atoms. The number of nitriles is 1. The second-order valence-electron chi connectivity index (χ2n) is 5.72. The Bertz CT molecular complexity index is 475. The first-order valence-electron chi connectivity index (χ1n) is 7.24. The molecule has 0 radical (unpaired) electrons. The van der Waals surface area contributed by atoms with Gasteiger partial charge in [0.15, 0.2) is 0 Å². The minimum Gasteiger partial charge on any atom is -0.396 e. The molecule has 0 unspecified atom stereocenters. The average molecular weight is 260 g/mol. The Labute approximate surface area is 115 Å². The maximum Gasteiger partial charge on any atom is 0.133 e. The van der Waals surface area contributed by atoms with Crippen LogP contribution in [-0.2, 0) is 0 Å². The van der Waals surface area contributed by atoms with Crippen molar-refractivity contribution in [2.24, 2.45) is 5.92 Å². The minimum absolute atomic E-state index is 0.307.